The van der Waals surface area contributed by atoms with E-state index < -0.39 is 0 Å². The summed E-state index contributed by atoms with van der Waals surface area (Å²) in [6.45, 7) is 2.77. The Labute approximate surface area is 163 Å². The van der Waals surface area contributed by atoms with Crippen molar-refractivity contribution in [2.75, 3.05) is 13.7 Å². The highest BCUT2D eigenvalue weighted by atomic mass is 35.5. The monoisotopic (exact) mass is 387 g/mol. The molecule has 1 heterocycles. The van der Waals surface area contributed by atoms with E-state index in [9.17, 15) is 4.79 Å². The fourth-order valence-electron chi connectivity index (χ4n) is 2.85. The Morgan fingerprint density at radius 1 is 1.22 bits per heavy atom. The van der Waals surface area contributed by atoms with Crippen molar-refractivity contribution in [2.24, 2.45) is 0 Å². The van der Waals surface area contributed by atoms with Gasteiger partial charge in [-0.1, -0.05) is 23.7 Å². The van der Waals surface area contributed by atoms with Gasteiger partial charge < -0.3 is 19.4 Å². The number of hydrogen-bond acceptors (Lipinski definition) is 4. The van der Waals surface area contributed by atoms with Gasteiger partial charge in [0.15, 0.2) is 0 Å². The van der Waals surface area contributed by atoms with E-state index >= 15 is 0 Å². The minimum absolute atomic E-state index is 0.0638. The van der Waals surface area contributed by atoms with Crippen molar-refractivity contribution >= 4 is 28.5 Å². The summed E-state index contributed by atoms with van der Waals surface area (Å²) in [7, 11) is 1.61. The Balaban J connectivity index is 1.78. The number of nitrogens with zero attached hydrogens (tertiary/aromatic N) is 2. The first-order valence-corrected chi connectivity index (χ1v) is 9.05. The van der Waals surface area contributed by atoms with E-state index in [-0.39, 0.29) is 25.1 Å². The van der Waals surface area contributed by atoms with Crippen LogP contribution in [0.5, 0.6) is 5.75 Å². The molecule has 0 aliphatic rings. The van der Waals surface area contributed by atoms with Gasteiger partial charge in [-0.2, -0.15) is 0 Å². The average Bonchev–Trinajstić information content (AvgIpc) is 2.99. The predicted molar refractivity (Wildman–Crippen MR) is 105 cm³/mol. The van der Waals surface area contributed by atoms with Crippen molar-refractivity contribution in [3.8, 4) is 5.75 Å². The maximum atomic E-state index is 12.4. The van der Waals surface area contributed by atoms with Crippen LogP contribution >= 0.6 is 11.6 Å². The molecule has 0 saturated heterocycles. The second kappa shape index (κ2) is 8.88. The van der Waals surface area contributed by atoms with Crippen LogP contribution in [-0.4, -0.2) is 35.2 Å². The molecule has 3 rings (SSSR count). The van der Waals surface area contributed by atoms with E-state index in [2.05, 4.69) is 10.3 Å². The fourth-order valence-corrected chi connectivity index (χ4v) is 2.97. The lowest BCUT2D eigenvalue weighted by Gasteiger charge is -2.15. The van der Waals surface area contributed by atoms with Crippen molar-refractivity contribution in [2.45, 2.75) is 26.1 Å². The summed E-state index contributed by atoms with van der Waals surface area (Å²) in [4.78, 5) is 17.1. The molecule has 1 N–H and O–H groups in total. The van der Waals surface area contributed by atoms with Crippen LogP contribution in [0.2, 0.25) is 5.02 Å². The first kappa shape index (κ1) is 19.2. The van der Waals surface area contributed by atoms with Crippen LogP contribution in [0, 0.1) is 0 Å². The maximum Gasteiger partial charge on any atom is 0.240 e. The van der Waals surface area contributed by atoms with Gasteiger partial charge in [0.2, 0.25) is 5.91 Å². The number of ether oxygens (including phenoxy) is 2. The Hall–Kier alpha value is -2.57. The number of fused-ring (bicyclic) bond motifs is 1. The number of imidazole rings is 1. The fraction of sp³-hybridized carbons (Fsp3) is 0.300. The van der Waals surface area contributed by atoms with Crippen LogP contribution in [-0.2, 0) is 22.7 Å². The number of carbonyl (C=O) groups excluding carboxylic acids is 1. The Bertz CT molecular complexity index is 908. The zero-order valence-electron chi connectivity index (χ0n) is 15.3. The normalized spacial score (nSPS) is 12.1. The highest BCUT2D eigenvalue weighted by Crippen LogP contribution is 2.20. The lowest BCUT2D eigenvalue weighted by atomic mass is 10.3. The van der Waals surface area contributed by atoms with Gasteiger partial charge in [-0.05, 0) is 43.3 Å². The van der Waals surface area contributed by atoms with E-state index in [1.807, 2.05) is 35.8 Å². The number of nitrogens with one attached hydrogen (secondary N) is 1. The molecule has 1 atom stereocenters. The first-order valence-electron chi connectivity index (χ1n) is 8.67. The molecule has 1 amide bonds. The van der Waals surface area contributed by atoms with Crippen molar-refractivity contribution in [3.05, 3.63) is 59.4 Å². The third kappa shape index (κ3) is 4.99. The Morgan fingerprint density at radius 2 is 1.96 bits per heavy atom. The summed E-state index contributed by atoms with van der Waals surface area (Å²) in [6, 6.07) is 14.8. The highest BCUT2D eigenvalue weighted by molar-refractivity contribution is 6.30. The zero-order valence-corrected chi connectivity index (χ0v) is 16.1. The lowest BCUT2D eigenvalue weighted by molar-refractivity contribution is -0.122. The summed E-state index contributed by atoms with van der Waals surface area (Å²) in [5.74, 6) is 1.27. The molecule has 0 spiro atoms. The van der Waals surface area contributed by atoms with Crippen LogP contribution in [0.4, 0.5) is 0 Å². The van der Waals surface area contributed by atoms with Gasteiger partial charge in [-0.3, -0.25) is 4.79 Å². The van der Waals surface area contributed by atoms with Crippen molar-refractivity contribution in [1.29, 1.82) is 0 Å². The minimum Gasteiger partial charge on any atom is -0.486 e. The molecule has 1 unspecified atom stereocenters. The standard InChI is InChI=1S/C20H22ClN3O3/c1-14(12-26-2)22-20(25)11-24-18-6-4-3-5-17(18)23-19(24)13-27-16-9-7-15(21)8-10-16/h3-10,14H,11-13H2,1-2H3,(H,22,25). The summed E-state index contributed by atoms with van der Waals surface area (Å²) >= 11 is 5.90. The Kier molecular flexibility index (Phi) is 6.32. The topological polar surface area (TPSA) is 65.4 Å². The summed E-state index contributed by atoms with van der Waals surface area (Å²) in [5, 5.41) is 3.57. The maximum absolute atomic E-state index is 12.4. The largest absolute Gasteiger partial charge is 0.486 e. The molecule has 0 aliphatic carbocycles. The summed E-state index contributed by atoms with van der Waals surface area (Å²) in [6.07, 6.45) is 0. The van der Waals surface area contributed by atoms with Gasteiger partial charge in [0.1, 0.15) is 24.7 Å². The molecule has 6 nitrogen and oxygen atoms in total. The smallest absolute Gasteiger partial charge is 0.240 e. The van der Waals surface area contributed by atoms with E-state index in [0.717, 1.165) is 11.0 Å². The van der Waals surface area contributed by atoms with Gasteiger partial charge in [-0.25, -0.2) is 4.98 Å². The van der Waals surface area contributed by atoms with E-state index in [1.165, 1.54) is 0 Å². The second-order valence-electron chi connectivity index (χ2n) is 6.27. The van der Waals surface area contributed by atoms with Crippen LogP contribution < -0.4 is 10.1 Å². The zero-order chi connectivity index (χ0) is 19.2. The third-order valence-electron chi connectivity index (χ3n) is 4.04. The molecular weight excluding hydrogens is 366 g/mol. The number of halogens is 1. The molecular formula is C20H22ClN3O3. The molecule has 7 heteroatoms. The van der Waals surface area contributed by atoms with Gasteiger partial charge in [0.25, 0.3) is 0 Å². The summed E-state index contributed by atoms with van der Waals surface area (Å²) < 4.78 is 12.8. The van der Waals surface area contributed by atoms with Crippen molar-refractivity contribution < 1.29 is 14.3 Å². The molecule has 0 fully saturated rings. The molecule has 2 aromatic carbocycles. The average molecular weight is 388 g/mol. The Morgan fingerprint density at radius 3 is 2.70 bits per heavy atom. The number of para-hydroxylation sites is 2. The minimum atomic E-state index is -0.101. The predicted octanol–water partition coefficient (Wildman–Crippen LogP) is 3.42. The quantitative estimate of drug-likeness (QED) is 0.643. The number of aromatic nitrogens is 2. The number of rotatable bonds is 8. The SMILES string of the molecule is COCC(C)NC(=O)Cn1c(COc2ccc(Cl)cc2)nc2ccccc21. The van der Waals surface area contributed by atoms with Gasteiger partial charge >= 0.3 is 0 Å². The van der Waals surface area contributed by atoms with Crippen LogP contribution in [0.15, 0.2) is 48.5 Å². The molecule has 0 aliphatic heterocycles. The highest BCUT2D eigenvalue weighted by Gasteiger charge is 2.15. The molecule has 0 saturated carbocycles. The molecule has 27 heavy (non-hydrogen) atoms. The van der Waals surface area contributed by atoms with Gasteiger partial charge in [-0.15, -0.1) is 0 Å². The molecule has 0 radical (unpaired) electrons. The van der Waals surface area contributed by atoms with E-state index in [4.69, 9.17) is 21.1 Å². The van der Waals surface area contributed by atoms with Crippen molar-refractivity contribution in [3.63, 3.8) is 0 Å². The molecule has 3 aromatic rings. The van der Waals surface area contributed by atoms with Crippen molar-refractivity contribution in [1.82, 2.24) is 14.9 Å². The second-order valence-corrected chi connectivity index (χ2v) is 6.71. The third-order valence-corrected chi connectivity index (χ3v) is 4.29. The molecule has 0 bridgehead atoms. The number of carbonyl (C=O) groups is 1. The first-order chi connectivity index (χ1) is 13.1. The van der Waals surface area contributed by atoms with E-state index in [0.29, 0.717) is 23.2 Å². The number of methoxy groups -OCH3 is 1. The van der Waals surface area contributed by atoms with Gasteiger partial charge in [0.05, 0.1) is 17.6 Å². The van der Waals surface area contributed by atoms with E-state index in [1.54, 1.807) is 31.4 Å². The van der Waals surface area contributed by atoms with Crippen LogP contribution in [0.1, 0.15) is 12.7 Å². The van der Waals surface area contributed by atoms with Gasteiger partial charge in [0, 0.05) is 18.2 Å². The number of amides is 1. The lowest BCUT2D eigenvalue weighted by Crippen LogP contribution is -2.38. The van der Waals surface area contributed by atoms with Crippen LogP contribution in [0.3, 0.4) is 0 Å². The number of benzene rings is 2. The molecule has 142 valence electrons. The molecule has 1 aromatic heterocycles. The summed E-state index contributed by atoms with van der Waals surface area (Å²) in [5.41, 5.74) is 1.71. The van der Waals surface area contributed by atoms with Crippen LogP contribution in [0.25, 0.3) is 11.0 Å². The number of hydrogen-bond donors (Lipinski definition) is 1.